The molecule has 1 aliphatic rings. The summed E-state index contributed by atoms with van der Waals surface area (Å²) in [6.45, 7) is 3.06. The van der Waals surface area contributed by atoms with E-state index in [0.29, 0.717) is 24.3 Å². The highest BCUT2D eigenvalue weighted by Gasteiger charge is 2.19. The van der Waals surface area contributed by atoms with Crippen molar-refractivity contribution in [3.8, 4) is 0 Å². The van der Waals surface area contributed by atoms with Gasteiger partial charge in [0, 0.05) is 30.9 Å². The summed E-state index contributed by atoms with van der Waals surface area (Å²) in [4.78, 5) is 14.5. The Morgan fingerprint density at radius 1 is 0.962 bits per heavy atom. The monoisotopic (exact) mass is 395 g/mol. The van der Waals surface area contributed by atoms with E-state index in [2.05, 4.69) is 10.0 Å². The van der Waals surface area contributed by atoms with Crippen LogP contribution in [0.25, 0.3) is 0 Å². The lowest BCUT2D eigenvalue weighted by Crippen LogP contribution is -2.34. The van der Waals surface area contributed by atoms with E-state index >= 15 is 0 Å². The number of benzene rings is 2. The maximum Gasteiger partial charge on any atom is 0.261 e. The number of nitrogens with zero attached hydrogens (tertiary/aromatic N) is 1. The molecule has 1 aliphatic heterocycles. The quantitative estimate of drug-likeness (QED) is 0.832. The van der Waals surface area contributed by atoms with Crippen LogP contribution < -0.4 is 10.0 Å². The van der Waals surface area contributed by atoms with Crippen LogP contribution in [0.15, 0.2) is 59.5 Å². The van der Waals surface area contributed by atoms with Crippen molar-refractivity contribution in [1.29, 1.82) is 0 Å². The number of anilines is 1. The Morgan fingerprint density at radius 3 is 2.35 bits per heavy atom. The highest BCUT2D eigenvalue weighted by Crippen LogP contribution is 2.17. The normalized spacial score (nSPS) is 14.8. The fraction of sp³-hybridized carbons (Fsp3) is 0.278. The van der Waals surface area contributed by atoms with Crippen LogP contribution in [0, 0.1) is 0 Å². The average molecular weight is 396 g/mol. The number of rotatable bonds is 4. The van der Waals surface area contributed by atoms with E-state index in [0.717, 1.165) is 19.5 Å². The number of hydrogen-bond acceptors (Lipinski definition) is 4. The summed E-state index contributed by atoms with van der Waals surface area (Å²) in [6, 6.07) is 14.8. The van der Waals surface area contributed by atoms with Crippen LogP contribution in [-0.2, 0) is 10.0 Å². The first-order valence-corrected chi connectivity index (χ1v) is 9.72. The predicted octanol–water partition coefficient (Wildman–Crippen LogP) is 2.34. The van der Waals surface area contributed by atoms with Crippen molar-refractivity contribution >= 4 is 34.0 Å². The number of carbonyl (C=O) groups excluding carboxylic acids is 1. The molecule has 1 fully saturated rings. The van der Waals surface area contributed by atoms with Gasteiger partial charge in [0.15, 0.2) is 0 Å². The molecule has 0 atom stereocenters. The lowest BCUT2D eigenvalue weighted by atomic mass is 10.2. The van der Waals surface area contributed by atoms with Crippen LogP contribution in [0.2, 0.25) is 0 Å². The third-order valence-corrected chi connectivity index (χ3v) is 5.46. The molecule has 0 radical (unpaired) electrons. The molecule has 0 saturated carbocycles. The molecule has 0 bridgehead atoms. The smallest absolute Gasteiger partial charge is 0.261 e. The van der Waals surface area contributed by atoms with Gasteiger partial charge in [-0.15, -0.1) is 12.4 Å². The zero-order valence-electron chi connectivity index (χ0n) is 14.2. The SMILES string of the molecule is Cl.O=C(c1ccc(S(=O)(=O)Nc2ccccc2)cc1)N1CCCNCC1. The zero-order chi connectivity index (χ0) is 17.7. The van der Waals surface area contributed by atoms with Crippen LogP contribution in [0.4, 0.5) is 5.69 Å². The van der Waals surface area contributed by atoms with Gasteiger partial charge in [-0.25, -0.2) is 8.42 Å². The van der Waals surface area contributed by atoms with E-state index in [1.165, 1.54) is 12.1 Å². The standard InChI is InChI=1S/C18H21N3O3S.ClH/c22-18(21-13-4-11-19-12-14-21)15-7-9-17(10-8-15)25(23,24)20-16-5-2-1-3-6-16;/h1-3,5-10,19-20H,4,11-14H2;1H. The van der Waals surface area contributed by atoms with E-state index in [-0.39, 0.29) is 23.2 Å². The number of para-hydroxylation sites is 1. The van der Waals surface area contributed by atoms with Crippen molar-refractivity contribution in [1.82, 2.24) is 10.2 Å². The van der Waals surface area contributed by atoms with Gasteiger partial charge in [0.1, 0.15) is 0 Å². The van der Waals surface area contributed by atoms with Crippen molar-refractivity contribution in [3.05, 3.63) is 60.2 Å². The molecule has 1 amide bonds. The van der Waals surface area contributed by atoms with E-state index < -0.39 is 10.0 Å². The first-order chi connectivity index (χ1) is 12.1. The number of hydrogen-bond donors (Lipinski definition) is 2. The van der Waals surface area contributed by atoms with Gasteiger partial charge in [-0.3, -0.25) is 9.52 Å². The van der Waals surface area contributed by atoms with Crippen LogP contribution in [-0.4, -0.2) is 45.4 Å². The number of sulfonamides is 1. The summed E-state index contributed by atoms with van der Waals surface area (Å²) < 4.78 is 27.4. The van der Waals surface area contributed by atoms with Crippen molar-refractivity contribution in [2.75, 3.05) is 30.9 Å². The number of carbonyl (C=O) groups is 1. The molecule has 2 N–H and O–H groups in total. The van der Waals surface area contributed by atoms with Crippen LogP contribution in [0.3, 0.4) is 0 Å². The average Bonchev–Trinajstić information content (AvgIpc) is 2.91. The molecule has 0 aliphatic carbocycles. The predicted molar refractivity (Wildman–Crippen MR) is 104 cm³/mol. The molecule has 3 rings (SSSR count). The van der Waals surface area contributed by atoms with Gasteiger partial charge in [0.05, 0.1) is 4.90 Å². The van der Waals surface area contributed by atoms with Gasteiger partial charge in [0.2, 0.25) is 0 Å². The van der Waals surface area contributed by atoms with Gasteiger partial charge in [-0.05, 0) is 49.4 Å². The second-order valence-electron chi connectivity index (χ2n) is 5.89. The van der Waals surface area contributed by atoms with Crippen LogP contribution >= 0.6 is 12.4 Å². The lowest BCUT2D eigenvalue weighted by Gasteiger charge is -2.20. The molecule has 0 spiro atoms. The Morgan fingerprint density at radius 2 is 1.65 bits per heavy atom. The lowest BCUT2D eigenvalue weighted by molar-refractivity contribution is 0.0766. The largest absolute Gasteiger partial charge is 0.337 e. The molecule has 8 heteroatoms. The second kappa shape index (κ2) is 9.02. The fourth-order valence-electron chi connectivity index (χ4n) is 2.73. The third-order valence-electron chi connectivity index (χ3n) is 4.06. The summed E-state index contributed by atoms with van der Waals surface area (Å²) in [7, 11) is -3.67. The zero-order valence-corrected chi connectivity index (χ0v) is 15.9. The van der Waals surface area contributed by atoms with Crippen molar-refractivity contribution < 1.29 is 13.2 Å². The van der Waals surface area contributed by atoms with Gasteiger partial charge >= 0.3 is 0 Å². The molecule has 2 aromatic rings. The molecule has 0 aromatic heterocycles. The highest BCUT2D eigenvalue weighted by atomic mass is 35.5. The minimum atomic E-state index is -3.67. The Hall–Kier alpha value is -2.09. The maximum absolute atomic E-state index is 12.5. The molecule has 140 valence electrons. The van der Waals surface area contributed by atoms with Gasteiger partial charge in [-0.2, -0.15) is 0 Å². The van der Waals surface area contributed by atoms with Crippen molar-refractivity contribution in [2.24, 2.45) is 0 Å². The van der Waals surface area contributed by atoms with Crippen LogP contribution in [0.1, 0.15) is 16.8 Å². The summed E-state index contributed by atoms with van der Waals surface area (Å²) in [6.07, 6.45) is 0.916. The first-order valence-electron chi connectivity index (χ1n) is 8.24. The van der Waals surface area contributed by atoms with Crippen molar-refractivity contribution in [2.45, 2.75) is 11.3 Å². The maximum atomic E-state index is 12.5. The Balaban J connectivity index is 0.00000243. The molecular weight excluding hydrogens is 374 g/mol. The van der Waals surface area contributed by atoms with E-state index in [1.54, 1.807) is 41.3 Å². The Bertz CT molecular complexity index is 819. The molecule has 0 unspecified atom stereocenters. The summed E-state index contributed by atoms with van der Waals surface area (Å²) >= 11 is 0. The van der Waals surface area contributed by atoms with E-state index in [9.17, 15) is 13.2 Å². The minimum absolute atomic E-state index is 0. The van der Waals surface area contributed by atoms with Gasteiger partial charge in [0.25, 0.3) is 15.9 Å². The number of nitrogens with one attached hydrogen (secondary N) is 2. The van der Waals surface area contributed by atoms with E-state index in [1.807, 2.05) is 6.07 Å². The minimum Gasteiger partial charge on any atom is -0.337 e. The Kier molecular flexibility index (Phi) is 7.02. The van der Waals surface area contributed by atoms with Gasteiger partial charge < -0.3 is 10.2 Å². The van der Waals surface area contributed by atoms with Crippen molar-refractivity contribution in [3.63, 3.8) is 0 Å². The first kappa shape index (κ1) is 20.2. The second-order valence-corrected chi connectivity index (χ2v) is 7.57. The molecule has 2 aromatic carbocycles. The molecule has 1 heterocycles. The molecular formula is C18H22ClN3O3S. The Labute approximate surface area is 160 Å². The molecule has 6 nitrogen and oxygen atoms in total. The highest BCUT2D eigenvalue weighted by molar-refractivity contribution is 7.92. The number of amides is 1. The fourth-order valence-corrected chi connectivity index (χ4v) is 3.79. The molecule has 26 heavy (non-hydrogen) atoms. The summed E-state index contributed by atoms with van der Waals surface area (Å²) in [5, 5.41) is 3.25. The third kappa shape index (κ3) is 4.97. The topological polar surface area (TPSA) is 78.5 Å². The summed E-state index contributed by atoms with van der Waals surface area (Å²) in [5.41, 5.74) is 1.00. The summed E-state index contributed by atoms with van der Waals surface area (Å²) in [5.74, 6) is -0.0660. The van der Waals surface area contributed by atoms with Gasteiger partial charge in [-0.1, -0.05) is 18.2 Å². The number of halogens is 1. The van der Waals surface area contributed by atoms with E-state index in [4.69, 9.17) is 0 Å². The molecule has 1 saturated heterocycles. The van der Waals surface area contributed by atoms with Crippen LogP contribution in [0.5, 0.6) is 0 Å².